The Morgan fingerprint density at radius 3 is 1.84 bits per heavy atom. The summed E-state index contributed by atoms with van der Waals surface area (Å²) in [4.78, 5) is 22.4. The van der Waals surface area contributed by atoms with Crippen molar-refractivity contribution in [1.82, 2.24) is 0 Å². The SMILES string of the molecule is CCCCCCCCCCC(=O)CCCC(=O)OC. The number of Topliss-reactive ketones (excluding diaryl/α,β-unsaturated/α-hetero) is 1. The van der Waals surface area contributed by atoms with Crippen molar-refractivity contribution in [3.8, 4) is 0 Å². The molecule has 0 aliphatic heterocycles. The Balaban J connectivity index is 3.22. The van der Waals surface area contributed by atoms with E-state index in [-0.39, 0.29) is 11.8 Å². The smallest absolute Gasteiger partial charge is 0.305 e. The van der Waals surface area contributed by atoms with Crippen LogP contribution in [0, 0.1) is 0 Å². The molecule has 0 fully saturated rings. The van der Waals surface area contributed by atoms with Crippen LogP contribution in [0.1, 0.15) is 84.0 Å². The van der Waals surface area contributed by atoms with E-state index < -0.39 is 0 Å². The van der Waals surface area contributed by atoms with Crippen molar-refractivity contribution in [2.24, 2.45) is 0 Å². The topological polar surface area (TPSA) is 43.4 Å². The largest absolute Gasteiger partial charge is 0.469 e. The molecule has 19 heavy (non-hydrogen) atoms. The standard InChI is InChI=1S/C16H30O3/c1-3-4-5-6-7-8-9-10-12-15(17)13-11-14-16(18)19-2/h3-14H2,1-2H3. The van der Waals surface area contributed by atoms with Crippen molar-refractivity contribution in [3.63, 3.8) is 0 Å². The molecule has 0 heterocycles. The second-order valence-electron chi connectivity index (χ2n) is 5.19. The number of ether oxygens (including phenoxy) is 1. The first kappa shape index (κ1) is 18.1. The monoisotopic (exact) mass is 270 g/mol. The number of unbranched alkanes of at least 4 members (excludes halogenated alkanes) is 7. The molecule has 0 bridgehead atoms. The van der Waals surface area contributed by atoms with Crippen LogP contribution in [0.3, 0.4) is 0 Å². The fourth-order valence-electron chi connectivity index (χ4n) is 2.11. The van der Waals surface area contributed by atoms with Gasteiger partial charge in [-0.3, -0.25) is 9.59 Å². The van der Waals surface area contributed by atoms with Gasteiger partial charge in [0, 0.05) is 19.3 Å². The van der Waals surface area contributed by atoms with Crippen molar-refractivity contribution < 1.29 is 14.3 Å². The van der Waals surface area contributed by atoms with Crippen LogP contribution in [0.2, 0.25) is 0 Å². The molecule has 0 saturated heterocycles. The fourth-order valence-corrected chi connectivity index (χ4v) is 2.11. The number of methoxy groups -OCH3 is 1. The molecule has 0 aliphatic carbocycles. The number of carbonyl (C=O) groups is 2. The Bertz CT molecular complexity index is 236. The van der Waals surface area contributed by atoms with Crippen LogP contribution >= 0.6 is 0 Å². The van der Waals surface area contributed by atoms with Crippen LogP contribution in [0.4, 0.5) is 0 Å². The van der Waals surface area contributed by atoms with E-state index >= 15 is 0 Å². The molecule has 0 aliphatic rings. The molecule has 3 nitrogen and oxygen atoms in total. The highest BCUT2D eigenvalue weighted by atomic mass is 16.5. The first-order valence-corrected chi connectivity index (χ1v) is 7.79. The molecule has 112 valence electrons. The molecule has 0 spiro atoms. The van der Waals surface area contributed by atoms with Gasteiger partial charge >= 0.3 is 5.97 Å². The third-order valence-electron chi connectivity index (χ3n) is 3.37. The van der Waals surface area contributed by atoms with Gasteiger partial charge in [0.05, 0.1) is 7.11 Å². The predicted molar refractivity (Wildman–Crippen MR) is 78.1 cm³/mol. The van der Waals surface area contributed by atoms with E-state index in [0.29, 0.717) is 25.7 Å². The lowest BCUT2D eigenvalue weighted by atomic mass is 10.0. The molecule has 0 amide bonds. The zero-order valence-corrected chi connectivity index (χ0v) is 12.7. The number of ketones is 1. The third kappa shape index (κ3) is 13.4. The Kier molecular flexibility index (Phi) is 13.0. The average Bonchev–Trinajstić information content (AvgIpc) is 2.41. The number of rotatable bonds is 13. The number of hydrogen-bond acceptors (Lipinski definition) is 3. The van der Waals surface area contributed by atoms with Crippen LogP contribution in [0.15, 0.2) is 0 Å². The predicted octanol–water partition coefficient (Wildman–Crippen LogP) is 4.43. The maximum atomic E-state index is 11.5. The first-order chi connectivity index (χ1) is 9.20. The minimum atomic E-state index is -0.222. The summed E-state index contributed by atoms with van der Waals surface area (Å²) in [5.74, 6) is 0.0646. The summed E-state index contributed by atoms with van der Waals surface area (Å²) in [6.45, 7) is 2.23. The lowest BCUT2D eigenvalue weighted by Crippen LogP contribution is -2.03. The summed E-state index contributed by atoms with van der Waals surface area (Å²) in [6, 6.07) is 0. The van der Waals surface area contributed by atoms with Gasteiger partial charge in [-0.05, 0) is 12.8 Å². The fraction of sp³-hybridized carbons (Fsp3) is 0.875. The Hall–Kier alpha value is -0.860. The van der Waals surface area contributed by atoms with E-state index in [1.54, 1.807) is 0 Å². The average molecular weight is 270 g/mol. The molecule has 0 saturated carbocycles. The molecule has 0 aromatic rings. The molecule has 0 aromatic heterocycles. The van der Waals surface area contributed by atoms with E-state index in [2.05, 4.69) is 11.7 Å². The highest BCUT2D eigenvalue weighted by Crippen LogP contribution is 2.11. The minimum absolute atomic E-state index is 0.222. The van der Waals surface area contributed by atoms with Crippen LogP contribution < -0.4 is 0 Å². The molecular weight excluding hydrogens is 240 g/mol. The van der Waals surface area contributed by atoms with Gasteiger partial charge in [-0.25, -0.2) is 0 Å². The second kappa shape index (κ2) is 13.6. The summed E-state index contributed by atoms with van der Waals surface area (Å²) in [5.41, 5.74) is 0. The van der Waals surface area contributed by atoms with Crippen LogP contribution in [0.5, 0.6) is 0 Å². The van der Waals surface area contributed by atoms with E-state index in [4.69, 9.17) is 0 Å². The van der Waals surface area contributed by atoms with E-state index in [9.17, 15) is 9.59 Å². The summed E-state index contributed by atoms with van der Waals surface area (Å²) in [6.07, 6.45) is 12.2. The maximum Gasteiger partial charge on any atom is 0.305 e. The second-order valence-corrected chi connectivity index (χ2v) is 5.19. The summed E-state index contributed by atoms with van der Waals surface area (Å²) >= 11 is 0. The summed E-state index contributed by atoms with van der Waals surface area (Å²) in [5, 5.41) is 0. The number of carbonyl (C=O) groups excluding carboxylic acids is 2. The van der Waals surface area contributed by atoms with Gasteiger partial charge < -0.3 is 4.74 Å². The first-order valence-electron chi connectivity index (χ1n) is 7.79. The van der Waals surface area contributed by atoms with E-state index in [1.807, 2.05) is 0 Å². The third-order valence-corrected chi connectivity index (χ3v) is 3.37. The van der Waals surface area contributed by atoms with Crippen LogP contribution in [0.25, 0.3) is 0 Å². The Morgan fingerprint density at radius 2 is 1.26 bits per heavy atom. The molecule has 0 aromatic carbocycles. The van der Waals surface area contributed by atoms with Crippen molar-refractivity contribution >= 4 is 11.8 Å². The van der Waals surface area contributed by atoms with E-state index in [0.717, 1.165) is 12.8 Å². The highest BCUT2D eigenvalue weighted by Gasteiger charge is 2.05. The normalized spacial score (nSPS) is 10.4. The molecule has 0 unspecified atom stereocenters. The van der Waals surface area contributed by atoms with Crippen LogP contribution in [-0.2, 0) is 14.3 Å². The van der Waals surface area contributed by atoms with Gasteiger partial charge in [-0.15, -0.1) is 0 Å². The molecule has 0 atom stereocenters. The van der Waals surface area contributed by atoms with Gasteiger partial charge in [-0.1, -0.05) is 51.9 Å². The zero-order valence-electron chi connectivity index (χ0n) is 12.7. The quantitative estimate of drug-likeness (QED) is 0.367. The van der Waals surface area contributed by atoms with Gasteiger partial charge in [0.25, 0.3) is 0 Å². The Labute approximate surface area is 118 Å². The summed E-state index contributed by atoms with van der Waals surface area (Å²) < 4.78 is 4.54. The van der Waals surface area contributed by atoms with Gasteiger partial charge in [0.1, 0.15) is 5.78 Å². The maximum absolute atomic E-state index is 11.5. The lowest BCUT2D eigenvalue weighted by molar-refractivity contribution is -0.140. The van der Waals surface area contributed by atoms with Crippen molar-refractivity contribution in [1.29, 1.82) is 0 Å². The summed E-state index contributed by atoms with van der Waals surface area (Å²) in [7, 11) is 1.38. The number of esters is 1. The molecule has 0 N–H and O–H groups in total. The van der Waals surface area contributed by atoms with E-state index in [1.165, 1.54) is 45.6 Å². The van der Waals surface area contributed by atoms with Crippen LogP contribution in [-0.4, -0.2) is 18.9 Å². The highest BCUT2D eigenvalue weighted by molar-refractivity contribution is 5.79. The Morgan fingerprint density at radius 1 is 0.737 bits per heavy atom. The van der Waals surface area contributed by atoms with Crippen molar-refractivity contribution in [2.45, 2.75) is 84.0 Å². The van der Waals surface area contributed by atoms with Gasteiger partial charge in [-0.2, -0.15) is 0 Å². The lowest BCUT2D eigenvalue weighted by Gasteiger charge is -2.02. The minimum Gasteiger partial charge on any atom is -0.469 e. The molecule has 0 rings (SSSR count). The van der Waals surface area contributed by atoms with Gasteiger partial charge in [0.2, 0.25) is 0 Å². The zero-order chi connectivity index (χ0) is 14.3. The molecule has 0 radical (unpaired) electrons. The number of hydrogen-bond donors (Lipinski definition) is 0. The molecular formula is C16H30O3. The van der Waals surface area contributed by atoms with Crippen molar-refractivity contribution in [3.05, 3.63) is 0 Å². The van der Waals surface area contributed by atoms with Gasteiger partial charge in [0.15, 0.2) is 0 Å². The van der Waals surface area contributed by atoms with Crippen molar-refractivity contribution in [2.75, 3.05) is 7.11 Å². The molecule has 3 heteroatoms.